The van der Waals surface area contributed by atoms with Crippen LogP contribution in [0.3, 0.4) is 0 Å². The second-order valence-electron chi connectivity index (χ2n) is 2.72. The molecule has 4 nitrogen and oxygen atoms in total. The fourth-order valence-electron chi connectivity index (χ4n) is 1.02. The summed E-state index contributed by atoms with van der Waals surface area (Å²) in [5.74, 6) is 0.117. The third-order valence-electron chi connectivity index (χ3n) is 1.49. The van der Waals surface area contributed by atoms with Crippen molar-refractivity contribution in [3.05, 3.63) is 10.3 Å². The predicted octanol–water partition coefficient (Wildman–Crippen LogP) is 0.519. The summed E-state index contributed by atoms with van der Waals surface area (Å²) in [6.07, 6.45) is 0. The number of hydrogen-bond acceptors (Lipinski definition) is 4. The van der Waals surface area contributed by atoms with E-state index in [2.05, 4.69) is 0 Å². The van der Waals surface area contributed by atoms with Gasteiger partial charge in [-0.25, -0.2) is 8.42 Å². The second-order valence-corrected chi connectivity index (χ2v) is 5.73. The van der Waals surface area contributed by atoms with Crippen LogP contribution in [0.4, 0.5) is 0 Å². The molecule has 12 heavy (non-hydrogen) atoms. The van der Waals surface area contributed by atoms with Gasteiger partial charge in [0.25, 0.3) is 0 Å². The molecule has 0 saturated carbocycles. The number of thioether (sulfide) groups is 1. The summed E-state index contributed by atoms with van der Waals surface area (Å²) in [4.78, 5) is 0.669. The molecule has 0 amide bonds. The molecule has 0 aliphatic carbocycles. The number of allylic oxidation sites excluding steroid dienone is 1. The van der Waals surface area contributed by atoms with E-state index < -0.39 is 9.84 Å². The Bertz CT molecular complexity index is 331. The van der Waals surface area contributed by atoms with Gasteiger partial charge in [0.2, 0.25) is 0 Å². The van der Waals surface area contributed by atoms with Crippen LogP contribution >= 0.6 is 11.8 Å². The van der Waals surface area contributed by atoms with E-state index in [1.54, 1.807) is 0 Å². The molecule has 0 radical (unpaired) electrons. The van der Waals surface area contributed by atoms with E-state index in [9.17, 15) is 8.42 Å². The standard InChI is InChI=1S/C6H10N2O2S2/c1-4-2-12(9,10)3-5(4)11-6(7)8/h3-4H,2H2,1H3,(H3,7,8)/t4-/m0/s1. The Labute approximate surface area is 75.6 Å². The molecule has 1 aliphatic heterocycles. The number of nitrogens with one attached hydrogen (secondary N) is 1. The van der Waals surface area contributed by atoms with E-state index in [-0.39, 0.29) is 16.8 Å². The van der Waals surface area contributed by atoms with Crippen LogP contribution in [0.15, 0.2) is 10.3 Å². The van der Waals surface area contributed by atoms with Gasteiger partial charge in [-0.1, -0.05) is 18.7 Å². The number of rotatable bonds is 1. The molecule has 0 unspecified atom stereocenters. The Morgan fingerprint density at radius 2 is 2.42 bits per heavy atom. The average Bonchev–Trinajstić information content (AvgIpc) is 2.03. The van der Waals surface area contributed by atoms with Crippen molar-refractivity contribution in [2.45, 2.75) is 6.92 Å². The van der Waals surface area contributed by atoms with E-state index in [0.29, 0.717) is 4.91 Å². The van der Waals surface area contributed by atoms with Crippen LogP contribution in [-0.2, 0) is 9.84 Å². The molecular weight excluding hydrogens is 196 g/mol. The van der Waals surface area contributed by atoms with Crippen molar-refractivity contribution in [1.82, 2.24) is 0 Å². The molecule has 0 spiro atoms. The lowest BCUT2D eigenvalue weighted by Gasteiger charge is -2.03. The number of hydrogen-bond donors (Lipinski definition) is 2. The zero-order valence-corrected chi connectivity index (χ0v) is 8.21. The van der Waals surface area contributed by atoms with Gasteiger partial charge in [-0.15, -0.1) is 0 Å². The summed E-state index contributed by atoms with van der Waals surface area (Å²) >= 11 is 1.02. The third kappa shape index (κ3) is 2.25. The summed E-state index contributed by atoms with van der Waals surface area (Å²) in [5.41, 5.74) is 5.13. The van der Waals surface area contributed by atoms with E-state index >= 15 is 0 Å². The molecule has 0 aromatic carbocycles. The molecule has 0 aromatic rings. The van der Waals surface area contributed by atoms with Crippen LogP contribution in [0.25, 0.3) is 0 Å². The maximum Gasteiger partial charge on any atom is 0.173 e. The van der Waals surface area contributed by atoms with E-state index in [1.807, 2.05) is 6.92 Å². The fraction of sp³-hybridized carbons (Fsp3) is 0.500. The first kappa shape index (κ1) is 9.60. The maximum absolute atomic E-state index is 11.0. The predicted molar refractivity (Wildman–Crippen MR) is 50.5 cm³/mol. The largest absolute Gasteiger partial charge is 0.378 e. The molecule has 0 bridgehead atoms. The minimum Gasteiger partial charge on any atom is -0.378 e. The van der Waals surface area contributed by atoms with Gasteiger partial charge in [-0.3, -0.25) is 5.41 Å². The Hall–Kier alpha value is -0.490. The quantitative estimate of drug-likeness (QED) is 0.484. The monoisotopic (exact) mass is 206 g/mol. The van der Waals surface area contributed by atoms with Crippen LogP contribution in [0, 0.1) is 11.3 Å². The molecule has 0 saturated heterocycles. The Balaban J connectivity index is 2.85. The molecule has 1 rings (SSSR count). The average molecular weight is 206 g/mol. The molecular formula is C6H10N2O2S2. The van der Waals surface area contributed by atoms with E-state index in [1.165, 1.54) is 5.41 Å². The van der Waals surface area contributed by atoms with E-state index in [4.69, 9.17) is 11.1 Å². The van der Waals surface area contributed by atoms with Crippen molar-refractivity contribution in [3.63, 3.8) is 0 Å². The maximum atomic E-state index is 11.0. The molecule has 1 aliphatic rings. The van der Waals surface area contributed by atoms with Gasteiger partial charge < -0.3 is 5.73 Å². The van der Waals surface area contributed by atoms with Crippen molar-refractivity contribution >= 4 is 26.8 Å². The molecule has 0 fully saturated rings. The summed E-state index contributed by atoms with van der Waals surface area (Å²) in [6.45, 7) is 1.81. The van der Waals surface area contributed by atoms with Crippen molar-refractivity contribution in [2.24, 2.45) is 11.7 Å². The zero-order chi connectivity index (χ0) is 9.35. The first-order valence-electron chi connectivity index (χ1n) is 3.37. The Morgan fingerprint density at radius 1 is 1.83 bits per heavy atom. The van der Waals surface area contributed by atoms with Crippen LogP contribution in [0.1, 0.15) is 6.92 Å². The van der Waals surface area contributed by atoms with Crippen molar-refractivity contribution in [3.8, 4) is 0 Å². The van der Waals surface area contributed by atoms with Crippen LogP contribution in [-0.4, -0.2) is 19.3 Å². The lowest BCUT2D eigenvalue weighted by Crippen LogP contribution is -2.07. The van der Waals surface area contributed by atoms with Crippen molar-refractivity contribution in [1.29, 1.82) is 5.41 Å². The fourth-order valence-corrected chi connectivity index (χ4v) is 3.86. The summed E-state index contributed by atoms with van der Waals surface area (Å²) < 4.78 is 22.1. The lowest BCUT2D eigenvalue weighted by atomic mass is 10.2. The first-order chi connectivity index (χ1) is 5.41. The first-order valence-corrected chi connectivity index (χ1v) is 5.90. The minimum atomic E-state index is -3.03. The second kappa shape index (κ2) is 3.10. The number of amidine groups is 1. The topological polar surface area (TPSA) is 84.0 Å². The van der Waals surface area contributed by atoms with Gasteiger partial charge in [0.15, 0.2) is 15.0 Å². The Kier molecular flexibility index (Phi) is 2.48. The van der Waals surface area contributed by atoms with Crippen LogP contribution in [0.2, 0.25) is 0 Å². The lowest BCUT2D eigenvalue weighted by molar-refractivity contribution is 0.601. The normalized spacial score (nSPS) is 26.8. The molecule has 3 N–H and O–H groups in total. The highest BCUT2D eigenvalue weighted by molar-refractivity contribution is 8.17. The zero-order valence-electron chi connectivity index (χ0n) is 6.57. The van der Waals surface area contributed by atoms with E-state index in [0.717, 1.165) is 11.8 Å². The summed E-state index contributed by atoms with van der Waals surface area (Å²) in [7, 11) is -3.03. The molecule has 68 valence electrons. The molecule has 6 heteroatoms. The van der Waals surface area contributed by atoms with Crippen LogP contribution in [0.5, 0.6) is 0 Å². The minimum absolute atomic E-state index is 0.0242. The van der Waals surface area contributed by atoms with Gasteiger partial charge >= 0.3 is 0 Å². The van der Waals surface area contributed by atoms with Crippen molar-refractivity contribution in [2.75, 3.05) is 5.75 Å². The number of nitrogens with two attached hydrogens (primary N) is 1. The number of sulfone groups is 1. The van der Waals surface area contributed by atoms with Crippen LogP contribution < -0.4 is 5.73 Å². The summed E-state index contributed by atoms with van der Waals surface area (Å²) in [5, 5.41) is 8.13. The SMILES string of the molecule is C[C@H]1CS(=O)(=O)C=C1SC(=N)N. The smallest absolute Gasteiger partial charge is 0.173 e. The van der Waals surface area contributed by atoms with Gasteiger partial charge in [0.05, 0.1) is 5.75 Å². The highest BCUT2D eigenvalue weighted by Crippen LogP contribution is 2.31. The van der Waals surface area contributed by atoms with Gasteiger partial charge in [-0.05, 0) is 0 Å². The van der Waals surface area contributed by atoms with Gasteiger partial charge in [0.1, 0.15) is 0 Å². The third-order valence-corrected chi connectivity index (χ3v) is 4.19. The molecule has 1 atom stereocenters. The van der Waals surface area contributed by atoms with Gasteiger partial charge in [-0.2, -0.15) is 0 Å². The molecule has 1 heterocycles. The molecule has 0 aromatic heterocycles. The highest BCUT2D eigenvalue weighted by Gasteiger charge is 2.26. The van der Waals surface area contributed by atoms with Gasteiger partial charge in [0, 0.05) is 16.2 Å². The Morgan fingerprint density at radius 3 is 2.75 bits per heavy atom. The highest BCUT2D eigenvalue weighted by atomic mass is 32.2. The summed E-state index contributed by atoms with van der Waals surface area (Å²) in [6, 6.07) is 0. The van der Waals surface area contributed by atoms with Crippen molar-refractivity contribution < 1.29 is 8.42 Å².